The van der Waals surface area contributed by atoms with Gasteiger partial charge in [0.1, 0.15) is 0 Å². The second-order valence-electron chi connectivity index (χ2n) is 2.38. The SMILES string of the molecule is Cc1ccc([N+](=O)[O-])c(C(=O)O)n1. The van der Waals surface area contributed by atoms with Crippen molar-refractivity contribution in [3.05, 3.63) is 33.6 Å². The quantitative estimate of drug-likeness (QED) is 0.543. The zero-order chi connectivity index (χ0) is 10.0. The van der Waals surface area contributed by atoms with Crippen molar-refractivity contribution in [3.63, 3.8) is 0 Å². The number of nitrogens with zero attached hydrogens (tertiary/aromatic N) is 2. The summed E-state index contributed by atoms with van der Waals surface area (Å²) in [6.45, 7) is 1.57. The molecule has 13 heavy (non-hydrogen) atoms. The summed E-state index contributed by atoms with van der Waals surface area (Å²) >= 11 is 0. The number of aromatic nitrogens is 1. The molecule has 1 aromatic rings. The average Bonchev–Trinajstić information content (AvgIpc) is 2.03. The van der Waals surface area contributed by atoms with Gasteiger partial charge in [0, 0.05) is 11.8 Å². The topological polar surface area (TPSA) is 93.3 Å². The zero-order valence-corrected chi connectivity index (χ0v) is 6.72. The van der Waals surface area contributed by atoms with Crippen molar-refractivity contribution in [3.8, 4) is 0 Å². The van der Waals surface area contributed by atoms with Gasteiger partial charge in [-0.2, -0.15) is 0 Å². The number of carbonyl (C=O) groups is 1. The molecule has 0 amide bonds. The van der Waals surface area contributed by atoms with E-state index in [1.165, 1.54) is 6.07 Å². The van der Waals surface area contributed by atoms with Crippen LogP contribution in [0.5, 0.6) is 0 Å². The first-order valence-corrected chi connectivity index (χ1v) is 3.37. The first kappa shape index (κ1) is 9.11. The molecule has 0 fully saturated rings. The van der Waals surface area contributed by atoms with Crippen LogP contribution in [0.4, 0.5) is 5.69 Å². The molecule has 0 aliphatic carbocycles. The molecule has 0 unspecified atom stereocenters. The predicted octanol–water partition coefficient (Wildman–Crippen LogP) is 0.996. The largest absolute Gasteiger partial charge is 0.476 e. The van der Waals surface area contributed by atoms with E-state index in [0.29, 0.717) is 5.69 Å². The van der Waals surface area contributed by atoms with Gasteiger partial charge in [0.2, 0.25) is 5.69 Å². The highest BCUT2D eigenvalue weighted by molar-refractivity contribution is 5.89. The molecule has 0 saturated carbocycles. The van der Waals surface area contributed by atoms with Crippen molar-refractivity contribution in [1.29, 1.82) is 0 Å². The Bertz CT molecular complexity index is 375. The lowest BCUT2D eigenvalue weighted by atomic mass is 10.2. The Morgan fingerprint density at radius 3 is 2.69 bits per heavy atom. The number of hydrogen-bond donors (Lipinski definition) is 1. The fourth-order valence-electron chi connectivity index (χ4n) is 0.854. The molecule has 0 radical (unpaired) electrons. The number of carboxylic acid groups (broad SMARTS) is 1. The van der Waals surface area contributed by atoms with Crippen LogP contribution in [0.1, 0.15) is 16.2 Å². The molecule has 68 valence electrons. The third-order valence-corrected chi connectivity index (χ3v) is 1.41. The molecule has 0 aliphatic heterocycles. The van der Waals surface area contributed by atoms with Gasteiger partial charge in [0.25, 0.3) is 0 Å². The maximum Gasteiger partial charge on any atom is 0.361 e. The van der Waals surface area contributed by atoms with Crippen LogP contribution in [-0.2, 0) is 0 Å². The predicted molar refractivity (Wildman–Crippen MR) is 42.6 cm³/mol. The van der Waals surface area contributed by atoms with Gasteiger partial charge in [-0.05, 0) is 13.0 Å². The summed E-state index contributed by atoms with van der Waals surface area (Å²) in [5, 5.41) is 18.9. The second kappa shape index (κ2) is 3.18. The number of carboxylic acids is 1. The van der Waals surface area contributed by atoms with Crippen molar-refractivity contribution >= 4 is 11.7 Å². The van der Waals surface area contributed by atoms with Gasteiger partial charge in [0.15, 0.2) is 0 Å². The van der Waals surface area contributed by atoms with Crippen LogP contribution in [0.15, 0.2) is 12.1 Å². The summed E-state index contributed by atoms with van der Waals surface area (Å²) in [5.41, 5.74) is -0.578. The standard InChI is InChI=1S/C7H6N2O4/c1-4-2-3-5(9(12)13)6(8-4)7(10)11/h2-3H,1H3,(H,10,11). The van der Waals surface area contributed by atoms with Gasteiger partial charge in [-0.25, -0.2) is 9.78 Å². The van der Waals surface area contributed by atoms with E-state index in [4.69, 9.17) is 5.11 Å². The molecule has 0 bridgehead atoms. The van der Waals surface area contributed by atoms with Gasteiger partial charge >= 0.3 is 11.7 Å². The summed E-state index contributed by atoms with van der Waals surface area (Å²) in [5.74, 6) is -1.39. The fourth-order valence-corrected chi connectivity index (χ4v) is 0.854. The fraction of sp³-hybridized carbons (Fsp3) is 0.143. The maximum absolute atomic E-state index is 10.5. The lowest BCUT2D eigenvalue weighted by molar-refractivity contribution is -0.385. The van der Waals surface area contributed by atoms with Crippen molar-refractivity contribution in [2.45, 2.75) is 6.92 Å². The van der Waals surface area contributed by atoms with E-state index in [9.17, 15) is 14.9 Å². The molecule has 6 heteroatoms. The summed E-state index contributed by atoms with van der Waals surface area (Å²) in [6, 6.07) is 2.52. The number of rotatable bonds is 2. The Morgan fingerprint density at radius 2 is 2.23 bits per heavy atom. The monoisotopic (exact) mass is 182 g/mol. The zero-order valence-electron chi connectivity index (χ0n) is 6.72. The first-order chi connectivity index (χ1) is 6.02. The molecule has 1 rings (SSSR count). The number of aryl methyl sites for hydroxylation is 1. The van der Waals surface area contributed by atoms with Crippen LogP contribution >= 0.6 is 0 Å². The Labute approximate surface area is 73.0 Å². The molecule has 0 atom stereocenters. The van der Waals surface area contributed by atoms with Crippen LogP contribution in [0.3, 0.4) is 0 Å². The minimum atomic E-state index is -1.39. The van der Waals surface area contributed by atoms with Crippen LogP contribution in [0.25, 0.3) is 0 Å². The molecular formula is C7H6N2O4. The second-order valence-corrected chi connectivity index (χ2v) is 2.38. The van der Waals surface area contributed by atoms with Crippen LogP contribution < -0.4 is 0 Å². The van der Waals surface area contributed by atoms with Gasteiger partial charge in [-0.3, -0.25) is 10.1 Å². The van der Waals surface area contributed by atoms with Crippen molar-refractivity contribution in [2.24, 2.45) is 0 Å². The molecular weight excluding hydrogens is 176 g/mol. The molecule has 6 nitrogen and oxygen atoms in total. The molecule has 1 heterocycles. The first-order valence-electron chi connectivity index (χ1n) is 3.37. The number of hydrogen-bond acceptors (Lipinski definition) is 4. The van der Waals surface area contributed by atoms with Gasteiger partial charge in [-0.15, -0.1) is 0 Å². The van der Waals surface area contributed by atoms with E-state index in [2.05, 4.69) is 4.98 Å². The summed E-state index contributed by atoms with van der Waals surface area (Å²) < 4.78 is 0. The highest BCUT2D eigenvalue weighted by atomic mass is 16.6. The number of nitro groups is 1. The summed E-state index contributed by atoms with van der Waals surface area (Å²) in [4.78, 5) is 23.6. The minimum Gasteiger partial charge on any atom is -0.476 e. The minimum absolute atomic E-state index is 0.433. The maximum atomic E-state index is 10.5. The summed E-state index contributed by atoms with van der Waals surface area (Å²) in [6.07, 6.45) is 0. The van der Waals surface area contributed by atoms with E-state index < -0.39 is 22.3 Å². The van der Waals surface area contributed by atoms with Gasteiger partial charge < -0.3 is 5.11 Å². The lowest BCUT2D eigenvalue weighted by Gasteiger charge is -1.97. The van der Waals surface area contributed by atoms with Crippen molar-refractivity contribution in [2.75, 3.05) is 0 Å². The van der Waals surface area contributed by atoms with Crippen molar-refractivity contribution in [1.82, 2.24) is 4.98 Å². The van der Waals surface area contributed by atoms with Crippen molar-refractivity contribution < 1.29 is 14.8 Å². The van der Waals surface area contributed by atoms with Crippen LogP contribution in [0, 0.1) is 17.0 Å². The Balaban J connectivity index is 3.35. The Hall–Kier alpha value is -1.98. The van der Waals surface area contributed by atoms with Gasteiger partial charge in [-0.1, -0.05) is 0 Å². The van der Waals surface area contributed by atoms with Crippen LogP contribution in [-0.4, -0.2) is 21.0 Å². The van der Waals surface area contributed by atoms with E-state index >= 15 is 0 Å². The number of pyridine rings is 1. The van der Waals surface area contributed by atoms with E-state index in [-0.39, 0.29) is 0 Å². The molecule has 0 spiro atoms. The molecule has 1 aromatic heterocycles. The smallest absolute Gasteiger partial charge is 0.361 e. The highest BCUT2D eigenvalue weighted by Gasteiger charge is 2.20. The van der Waals surface area contributed by atoms with E-state index in [1.54, 1.807) is 6.92 Å². The molecule has 0 saturated heterocycles. The Kier molecular flexibility index (Phi) is 2.23. The highest BCUT2D eigenvalue weighted by Crippen LogP contribution is 2.16. The molecule has 1 N–H and O–H groups in total. The third-order valence-electron chi connectivity index (χ3n) is 1.41. The van der Waals surface area contributed by atoms with Gasteiger partial charge in [0.05, 0.1) is 4.92 Å². The van der Waals surface area contributed by atoms with E-state index in [1.807, 2.05) is 0 Å². The lowest BCUT2D eigenvalue weighted by Crippen LogP contribution is -2.06. The van der Waals surface area contributed by atoms with E-state index in [0.717, 1.165) is 6.07 Å². The van der Waals surface area contributed by atoms with Crippen LogP contribution in [0.2, 0.25) is 0 Å². The number of aromatic carboxylic acids is 1. The third kappa shape index (κ3) is 1.78. The summed E-state index contributed by atoms with van der Waals surface area (Å²) in [7, 11) is 0. The molecule has 0 aromatic carbocycles. The Morgan fingerprint density at radius 1 is 1.62 bits per heavy atom. The molecule has 0 aliphatic rings. The average molecular weight is 182 g/mol. The normalized spacial score (nSPS) is 9.62.